The second kappa shape index (κ2) is 3.85. The lowest BCUT2D eigenvalue weighted by atomic mass is 9.50. The van der Waals surface area contributed by atoms with E-state index in [0.717, 1.165) is 48.9 Å². The number of nitrogens with zero attached hydrogens (tertiary/aromatic N) is 1. The topological polar surface area (TPSA) is 66.6 Å². The molecule has 1 aliphatic heterocycles. The first-order valence-electron chi connectivity index (χ1n) is 8.40. The molecule has 1 heterocycles. The van der Waals surface area contributed by atoms with Crippen LogP contribution in [0.25, 0.3) is 0 Å². The molecule has 4 saturated carbocycles. The Kier molecular flexibility index (Phi) is 2.27. The van der Waals surface area contributed by atoms with E-state index in [1.54, 1.807) is 0 Å². The van der Waals surface area contributed by atoms with Crippen LogP contribution in [-0.4, -0.2) is 27.1 Å². The zero-order valence-corrected chi connectivity index (χ0v) is 12.7. The molecule has 1 aromatic rings. The number of anilines is 1. The summed E-state index contributed by atoms with van der Waals surface area (Å²) in [7, 11) is 0. The Morgan fingerprint density at radius 2 is 1.91 bits per heavy atom. The number of amides is 1. The molecule has 5 aliphatic rings. The third kappa shape index (κ3) is 1.54. The van der Waals surface area contributed by atoms with Gasteiger partial charge in [-0.05, 0) is 62.5 Å². The van der Waals surface area contributed by atoms with E-state index >= 15 is 0 Å². The molecule has 4 heteroatoms. The van der Waals surface area contributed by atoms with E-state index in [1.807, 2.05) is 18.2 Å². The maximum absolute atomic E-state index is 13.0. The van der Waals surface area contributed by atoms with Crippen LogP contribution in [0.4, 0.5) is 5.69 Å². The second-order valence-corrected chi connectivity index (χ2v) is 8.17. The van der Waals surface area contributed by atoms with Gasteiger partial charge >= 0.3 is 0 Å². The van der Waals surface area contributed by atoms with Crippen molar-refractivity contribution in [3.8, 4) is 0 Å². The van der Waals surface area contributed by atoms with Gasteiger partial charge in [-0.2, -0.15) is 0 Å². The van der Waals surface area contributed by atoms with Gasteiger partial charge in [-0.15, -0.1) is 0 Å². The lowest BCUT2D eigenvalue weighted by Crippen LogP contribution is -2.65. The molecule has 2 unspecified atom stereocenters. The van der Waals surface area contributed by atoms with Crippen LogP contribution in [-0.2, 0) is 6.54 Å². The number of carbonyl (C=O) groups is 1. The van der Waals surface area contributed by atoms with Crippen molar-refractivity contribution in [2.24, 2.45) is 11.8 Å². The monoisotopic (exact) mass is 298 g/mol. The maximum atomic E-state index is 13.0. The van der Waals surface area contributed by atoms with Crippen LogP contribution >= 0.6 is 0 Å². The summed E-state index contributed by atoms with van der Waals surface area (Å²) in [6, 6.07) is 5.63. The number of aliphatic hydroxyl groups is 1. The van der Waals surface area contributed by atoms with Gasteiger partial charge < -0.3 is 15.7 Å². The Morgan fingerprint density at radius 1 is 1.18 bits per heavy atom. The molecule has 4 nitrogen and oxygen atoms in total. The van der Waals surface area contributed by atoms with Gasteiger partial charge in [-0.3, -0.25) is 4.79 Å². The first kappa shape index (κ1) is 12.9. The molecular formula is C18H22N2O2. The first-order valence-corrected chi connectivity index (χ1v) is 8.40. The van der Waals surface area contributed by atoms with Crippen LogP contribution in [0.1, 0.15) is 54.4 Å². The van der Waals surface area contributed by atoms with Crippen molar-refractivity contribution in [2.45, 2.75) is 56.2 Å². The van der Waals surface area contributed by atoms with Crippen molar-refractivity contribution in [1.82, 2.24) is 4.90 Å². The highest BCUT2D eigenvalue weighted by Gasteiger charge is 2.60. The molecule has 0 aromatic heterocycles. The minimum Gasteiger partial charge on any atom is -0.398 e. The zero-order valence-electron chi connectivity index (χ0n) is 12.7. The van der Waals surface area contributed by atoms with Crippen LogP contribution < -0.4 is 5.73 Å². The first-order chi connectivity index (χ1) is 10.5. The molecule has 6 rings (SSSR count). The van der Waals surface area contributed by atoms with E-state index in [-0.39, 0.29) is 11.4 Å². The number of hydrogen-bond donors (Lipinski definition) is 2. The number of nitrogen functional groups attached to an aromatic ring is 1. The molecule has 0 radical (unpaired) electrons. The van der Waals surface area contributed by atoms with E-state index in [1.165, 1.54) is 6.42 Å². The van der Waals surface area contributed by atoms with E-state index in [9.17, 15) is 9.90 Å². The van der Waals surface area contributed by atoms with E-state index in [0.29, 0.717) is 18.4 Å². The maximum Gasteiger partial charge on any atom is 0.255 e. The Morgan fingerprint density at radius 3 is 2.55 bits per heavy atom. The van der Waals surface area contributed by atoms with E-state index < -0.39 is 5.60 Å². The molecule has 1 aromatic carbocycles. The van der Waals surface area contributed by atoms with Crippen LogP contribution in [0.2, 0.25) is 0 Å². The Labute approximate surface area is 130 Å². The lowest BCUT2D eigenvalue weighted by molar-refractivity contribution is -0.167. The summed E-state index contributed by atoms with van der Waals surface area (Å²) in [6.07, 6.45) is 5.98. The third-order valence-corrected chi connectivity index (χ3v) is 6.58. The average molecular weight is 298 g/mol. The number of fused-ring (bicyclic) bond motifs is 1. The minimum atomic E-state index is -0.537. The van der Waals surface area contributed by atoms with Crippen molar-refractivity contribution < 1.29 is 9.90 Å². The van der Waals surface area contributed by atoms with Gasteiger partial charge in [0.25, 0.3) is 5.91 Å². The molecule has 2 atom stereocenters. The SMILES string of the molecule is Nc1cccc2c1CN(C13CC4CC(CC(O)(C4)C1)C3)C2=O. The Balaban J connectivity index is 1.56. The quantitative estimate of drug-likeness (QED) is 0.782. The molecule has 3 N–H and O–H groups in total. The van der Waals surface area contributed by atoms with Gasteiger partial charge in [-0.1, -0.05) is 6.07 Å². The summed E-state index contributed by atoms with van der Waals surface area (Å²) in [5.41, 5.74) is 7.88. The van der Waals surface area contributed by atoms with Gasteiger partial charge in [-0.25, -0.2) is 0 Å². The molecule has 0 spiro atoms. The van der Waals surface area contributed by atoms with Gasteiger partial charge in [0, 0.05) is 28.9 Å². The summed E-state index contributed by atoms with van der Waals surface area (Å²) in [4.78, 5) is 15.0. The van der Waals surface area contributed by atoms with Gasteiger partial charge in [0.05, 0.1) is 5.60 Å². The zero-order chi connectivity index (χ0) is 15.1. The highest BCUT2D eigenvalue weighted by atomic mass is 16.3. The molecule has 1 amide bonds. The predicted octanol–water partition coefficient (Wildman–Crippen LogP) is 2.31. The van der Waals surface area contributed by atoms with Crippen LogP contribution in [0.15, 0.2) is 18.2 Å². The molecule has 4 fully saturated rings. The fraction of sp³-hybridized carbons (Fsp3) is 0.611. The number of carbonyl (C=O) groups excluding carboxylic acids is 1. The Hall–Kier alpha value is -1.55. The molecule has 116 valence electrons. The fourth-order valence-corrected chi connectivity index (χ4v) is 6.22. The average Bonchev–Trinajstić information content (AvgIpc) is 2.76. The highest BCUT2D eigenvalue weighted by Crippen LogP contribution is 2.60. The summed E-state index contributed by atoms with van der Waals surface area (Å²) in [5.74, 6) is 1.29. The Bertz CT molecular complexity index is 670. The van der Waals surface area contributed by atoms with E-state index in [2.05, 4.69) is 4.90 Å². The van der Waals surface area contributed by atoms with Crippen molar-refractivity contribution in [3.05, 3.63) is 29.3 Å². The van der Waals surface area contributed by atoms with Gasteiger partial charge in [0.15, 0.2) is 0 Å². The smallest absolute Gasteiger partial charge is 0.255 e. The van der Waals surface area contributed by atoms with Crippen molar-refractivity contribution in [1.29, 1.82) is 0 Å². The second-order valence-electron chi connectivity index (χ2n) is 8.17. The van der Waals surface area contributed by atoms with Crippen molar-refractivity contribution in [3.63, 3.8) is 0 Å². The summed E-state index contributed by atoms with van der Waals surface area (Å²) < 4.78 is 0. The van der Waals surface area contributed by atoms with Crippen LogP contribution in [0, 0.1) is 11.8 Å². The summed E-state index contributed by atoms with van der Waals surface area (Å²) in [6.45, 7) is 0.621. The molecule has 0 saturated heterocycles. The largest absolute Gasteiger partial charge is 0.398 e. The van der Waals surface area contributed by atoms with Crippen LogP contribution in [0.3, 0.4) is 0 Å². The third-order valence-electron chi connectivity index (χ3n) is 6.58. The number of rotatable bonds is 1. The minimum absolute atomic E-state index is 0.118. The normalized spacial score (nSPS) is 42.0. The highest BCUT2D eigenvalue weighted by molar-refractivity contribution is 6.00. The molecule has 4 aliphatic carbocycles. The molecule has 4 bridgehead atoms. The molecule has 22 heavy (non-hydrogen) atoms. The lowest BCUT2D eigenvalue weighted by Gasteiger charge is -2.62. The standard InChI is InChI=1S/C18H22N2O2/c19-15-3-1-2-13-14(15)9-20(16(13)21)17-5-11-4-12(6-17)8-18(22,7-11)10-17/h1-3,11-12,22H,4-10,19H2. The number of nitrogens with two attached hydrogens (primary N) is 1. The fourth-order valence-electron chi connectivity index (χ4n) is 6.22. The van der Waals surface area contributed by atoms with Crippen LogP contribution in [0.5, 0.6) is 0 Å². The number of benzene rings is 1. The summed E-state index contributed by atoms with van der Waals surface area (Å²) >= 11 is 0. The van der Waals surface area contributed by atoms with Gasteiger partial charge in [0.2, 0.25) is 0 Å². The molecular weight excluding hydrogens is 276 g/mol. The predicted molar refractivity (Wildman–Crippen MR) is 83.1 cm³/mol. The van der Waals surface area contributed by atoms with Crippen molar-refractivity contribution >= 4 is 11.6 Å². The van der Waals surface area contributed by atoms with E-state index in [4.69, 9.17) is 5.73 Å². The van der Waals surface area contributed by atoms with Gasteiger partial charge in [0.1, 0.15) is 0 Å². The summed E-state index contributed by atoms with van der Waals surface area (Å²) in [5, 5.41) is 10.9. The number of hydrogen-bond acceptors (Lipinski definition) is 3. The van der Waals surface area contributed by atoms with Crippen molar-refractivity contribution in [2.75, 3.05) is 5.73 Å².